The zero-order chi connectivity index (χ0) is 22.5. The van der Waals surface area contributed by atoms with E-state index in [-0.39, 0.29) is 11.7 Å². The first-order valence-corrected chi connectivity index (χ1v) is 11.0. The summed E-state index contributed by atoms with van der Waals surface area (Å²) in [5.74, 6) is 1.44. The van der Waals surface area contributed by atoms with Gasteiger partial charge in [-0.2, -0.15) is 5.26 Å². The molecule has 3 aliphatic heterocycles. The molecule has 2 aromatic carbocycles. The van der Waals surface area contributed by atoms with Crippen molar-refractivity contribution in [2.24, 2.45) is 16.6 Å². The van der Waals surface area contributed by atoms with Crippen LogP contribution in [0.4, 0.5) is 0 Å². The standard InChI is InChI=1S/C25H28N4O3/c1-24(2)13-19(9-10-30-24)22-14-25(28-23(27)29(3)32-25)20-12-18(7-8-21(20)31-22)17-6-4-5-16(11-17)15-26/h4-8,11-12,19,22H,9-10,13-14H2,1-3H3,(H2,27,28). The number of hydrogen-bond acceptors (Lipinski definition) is 7. The summed E-state index contributed by atoms with van der Waals surface area (Å²) in [5.41, 5.74) is 8.45. The second kappa shape index (κ2) is 7.51. The second-order valence-corrected chi connectivity index (χ2v) is 9.47. The van der Waals surface area contributed by atoms with Crippen LogP contribution in [-0.2, 0) is 15.3 Å². The highest BCUT2D eigenvalue weighted by Crippen LogP contribution is 2.49. The van der Waals surface area contributed by atoms with E-state index in [1.165, 1.54) is 5.06 Å². The third-order valence-corrected chi connectivity index (χ3v) is 6.65. The molecule has 2 aromatic rings. The predicted octanol–water partition coefficient (Wildman–Crippen LogP) is 3.93. The molecule has 32 heavy (non-hydrogen) atoms. The molecule has 0 aliphatic carbocycles. The number of nitriles is 1. The molecule has 0 radical (unpaired) electrons. The summed E-state index contributed by atoms with van der Waals surface area (Å²) in [5, 5.41) is 10.8. The first-order valence-electron chi connectivity index (χ1n) is 11.0. The lowest BCUT2D eigenvalue weighted by atomic mass is 9.79. The molecule has 1 saturated heterocycles. The lowest BCUT2D eigenvalue weighted by molar-refractivity contribution is -0.198. The quantitative estimate of drug-likeness (QED) is 0.773. The van der Waals surface area contributed by atoms with E-state index in [2.05, 4.69) is 19.9 Å². The van der Waals surface area contributed by atoms with Gasteiger partial charge in [0.2, 0.25) is 11.7 Å². The van der Waals surface area contributed by atoms with Crippen molar-refractivity contribution in [3.8, 4) is 22.9 Å². The first-order chi connectivity index (χ1) is 15.3. The van der Waals surface area contributed by atoms with E-state index in [0.717, 1.165) is 41.9 Å². The summed E-state index contributed by atoms with van der Waals surface area (Å²) in [4.78, 5) is 11.1. The van der Waals surface area contributed by atoms with Crippen molar-refractivity contribution in [2.45, 2.75) is 50.5 Å². The largest absolute Gasteiger partial charge is 0.489 e. The third kappa shape index (κ3) is 3.60. The summed E-state index contributed by atoms with van der Waals surface area (Å²) in [6.07, 6.45) is 2.37. The molecule has 7 heteroatoms. The maximum absolute atomic E-state index is 9.28. The van der Waals surface area contributed by atoms with Crippen molar-refractivity contribution in [1.82, 2.24) is 5.06 Å². The summed E-state index contributed by atoms with van der Waals surface area (Å²) >= 11 is 0. The van der Waals surface area contributed by atoms with Crippen molar-refractivity contribution in [2.75, 3.05) is 13.7 Å². The number of nitrogens with zero attached hydrogens (tertiary/aromatic N) is 3. The van der Waals surface area contributed by atoms with Crippen LogP contribution in [0.5, 0.6) is 5.75 Å². The average molecular weight is 433 g/mol. The van der Waals surface area contributed by atoms with Gasteiger partial charge in [0.1, 0.15) is 11.9 Å². The molecular formula is C25H28N4O3. The molecule has 3 unspecified atom stereocenters. The van der Waals surface area contributed by atoms with Gasteiger partial charge in [0.25, 0.3) is 0 Å². The number of fused-ring (bicyclic) bond motifs is 2. The van der Waals surface area contributed by atoms with Crippen molar-refractivity contribution < 1.29 is 14.3 Å². The Hall–Kier alpha value is -3.08. The number of ether oxygens (including phenoxy) is 2. The second-order valence-electron chi connectivity index (χ2n) is 9.47. The number of aliphatic imine (C=N–C) groups is 1. The Morgan fingerprint density at radius 3 is 2.69 bits per heavy atom. The van der Waals surface area contributed by atoms with Crippen LogP contribution in [0.1, 0.15) is 44.2 Å². The minimum Gasteiger partial charge on any atom is -0.489 e. The third-order valence-electron chi connectivity index (χ3n) is 6.65. The van der Waals surface area contributed by atoms with Gasteiger partial charge in [0.05, 0.1) is 22.8 Å². The molecule has 0 aromatic heterocycles. The fourth-order valence-corrected chi connectivity index (χ4v) is 5.07. The smallest absolute Gasteiger partial charge is 0.221 e. The van der Waals surface area contributed by atoms with Crippen LogP contribution < -0.4 is 10.5 Å². The Kier molecular flexibility index (Phi) is 4.88. The minimum absolute atomic E-state index is 0.0542. The number of rotatable bonds is 2. The summed E-state index contributed by atoms with van der Waals surface area (Å²) in [7, 11) is 1.77. The SMILES string of the molecule is CN1OC2(CC(C3CCOC(C)(C)C3)Oc3ccc(-c4cccc(C#N)c4)cc32)N=C1N. The number of nitrogens with two attached hydrogens (primary N) is 1. The van der Waals surface area contributed by atoms with Crippen LogP contribution in [0.2, 0.25) is 0 Å². The van der Waals surface area contributed by atoms with E-state index in [0.29, 0.717) is 23.9 Å². The Bertz CT molecular complexity index is 1120. The molecule has 2 N–H and O–H groups in total. The molecule has 3 atom stereocenters. The molecule has 0 amide bonds. The molecule has 1 fully saturated rings. The molecule has 166 valence electrons. The van der Waals surface area contributed by atoms with Gasteiger partial charge < -0.3 is 15.2 Å². The number of guanidine groups is 1. The van der Waals surface area contributed by atoms with E-state index in [1.54, 1.807) is 13.1 Å². The molecule has 0 saturated carbocycles. The van der Waals surface area contributed by atoms with E-state index >= 15 is 0 Å². The van der Waals surface area contributed by atoms with Crippen LogP contribution in [0.25, 0.3) is 11.1 Å². The van der Waals surface area contributed by atoms with E-state index in [9.17, 15) is 5.26 Å². The predicted molar refractivity (Wildman–Crippen MR) is 121 cm³/mol. The molecule has 1 spiro atoms. The molecule has 3 aliphatic rings. The lowest BCUT2D eigenvalue weighted by Crippen LogP contribution is -2.46. The molecule has 7 nitrogen and oxygen atoms in total. The highest BCUT2D eigenvalue weighted by Gasteiger charge is 2.51. The van der Waals surface area contributed by atoms with Gasteiger partial charge in [-0.3, -0.25) is 0 Å². The zero-order valence-electron chi connectivity index (χ0n) is 18.7. The number of hydroxylamine groups is 2. The lowest BCUT2D eigenvalue weighted by Gasteiger charge is -2.44. The van der Waals surface area contributed by atoms with Gasteiger partial charge in [-0.05, 0) is 62.1 Å². The van der Waals surface area contributed by atoms with Gasteiger partial charge in [0, 0.05) is 26.0 Å². The van der Waals surface area contributed by atoms with Crippen molar-refractivity contribution in [3.63, 3.8) is 0 Å². The fourth-order valence-electron chi connectivity index (χ4n) is 5.07. The van der Waals surface area contributed by atoms with Crippen LogP contribution in [0.3, 0.4) is 0 Å². The van der Waals surface area contributed by atoms with E-state index in [4.69, 9.17) is 25.0 Å². The average Bonchev–Trinajstić information content (AvgIpc) is 3.06. The molecule has 3 heterocycles. The van der Waals surface area contributed by atoms with Crippen LogP contribution in [0, 0.1) is 17.2 Å². The van der Waals surface area contributed by atoms with Crippen LogP contribution >= 0.6 is 0 Å². The Morgan fingerprint density at radius 1 is 1.16 bits per heavy atom. The Morgan fingerprint density at radius 2 is 1.97 bits per heavy atom. The number of hydrogen-bond donors (Lipinski definition) is 1. The van der Waals surface area contributed by atoms with E-state index < -0.39 is 5.72 Å². The highest BCUT2D eigenvalue weighted by atomic mass is 16.7. The van der Waals surface area contributed by atoms with Crippen LogP contribution in [-0.4, -0.2) is 36.4 Å². The molecular weight excluding hydrogens is 404 g/mol. The van der Waals surface area contributed by atoms with Crippen LogP contribution in [0.15, 0.2) is 47.5 Å². The van der Waals surface area contributed by atoms with Crippen molar-refractivity contribution >= 4 is 5.96 Å². The molecule has 0 bridgehead atoms. The Balaban J connectivity index is 1.56. The summed E-state index contributed by atoms with van der Waals surface area (Å²) in [6.45, 7) is 4.98. The monoisotopic (exact) mass is 432 g/mol. The van der Waals surface area contributed by atoms with Gasteiger partial charge in [-0.1, -0.05) is 18.2 Å². The van der Waals surface area contributed by atoms with Gasteiger partial charge in [-0.25, -0.2) is 14.9 Å². The van der Waals surface area contributed by atoms with Crippen molar-refractivity contribution in [1.29, 1.82) is 5.26 Å². The minimum atomic E-state index is -0.928. The van der Waals surface area contributed by atoms with Gasteiger partial charge in [-0.15, -0.1) is 0 Å². The maximum atomic E-state index is 9.28. The Labute approximate surface area is 188 Å². The first kappa shape index (κ1) is 20.8. The van der Waals surface area contributed by atoms with Crippen molar-refractivity contribution in [3.05, 3.63) is 53.6 Å². The molecule has 5 rings (SSSR count). The summed E-state index contributed by atoms with van der Waals surface area (Å²) < 4.78 is 12.5. The maximum Gasteiger partial charge on any atom is 0.221 e. The zero-order valence-corrected chi connectivity index (χ0v) is 18.7. The summed E-state index contributed by atoms with van der Waals surface area (Å²) in [6, 6.07) is 15.8. The van der Waals surface area contributed by atoms with Gasteiger partial charge >= 0.3 is 0 Å². The number of benzene rings is 2. The normalized spacial score (nSPS) is 28.6. The van der Waals surface area contributed by atoms with E-state index in [1.807, 2.05) is 36.4 Å². The highest BCUT2D eigenvalue weighted by molar-refractivity contribution is 5.79. The van der Waals surface area contributed by atoms with Gasteiger partial charge in [0.15, 0.2) is 0 Å². The topological polar surface area (TPSA) is 93.1 Å². The fraction of sp³-hybridized carbons (Fsp3) is 0.440.